The summed E-state index contributed by atoms with van der Waals surface area (Å²) in [5.74, 6) is -1.20. The Labute approximate surface area is 241 Å². The van der Waals surface area contributed by atoms with Crippen LogP contribution in [0.2, 0.25) is 0 Å². The number of carboxylic acids is 1. The minimum absolute atomic E-state index is 0.0714. The molecule has 1 amide bonds. The molecule has 1 saturated heterocycles. The second kappa shape index (κ2) is 11.2. The Balaban J connectivity index is 2.14. The zero-order chi connectivity index (χ0) is 29.5. The Morgan fingerprint density at radius 2 is 1.88 bits per heavy atom. The first kappa shape index (κ1) is 30.1. The molecule has 2 N–H and O–H groups in total. The number of hydrogen-bond acceptors (Lipinski definition) is 7. The Morgan fingerprint density at radius 1 is 1.15 bits per heavy atom. The maximum absolute atomic E-state index is 14.8. The second-order valence-corrected chi connectivity index (χ2v) is 13.2. The molecule has 2 aromatic carbocycles. The monoisotopic (exact) mass is 569 g/mol. The number of ketones is 1. The summed E-state index contributed by atoms with van der Waals surface area (Å²) >= 11 is 1.46. The van der Waals surface area contributed by atoms with E-state index in [4.69, 9.17) is 9.47 Å². The number of thioether (sulfide) groups is 1. The number of hydrogen-bond donors (Lipinski definition) is 2. The van der Waals surface area contributed by atoms with E-state index < -0.39 is 27.3 Å². The van der Waals surface area contributed by atoms with Gasteiger partial charge in [-0.2, -0.15) is 0 Å². The highest BCUT2D eigenvalue weighted by molar-refractivity contribution is 8.00. The van der Waals surface area contributed by atoms with Crippen LogP contribution in [0, 0.1) is 18.3 Å². The van der Waals surface area contributed by atoms with Crippen molar-refractivity contribution < 1.29 is 29.0 Å². The zero-order valence-corrected chi connectivity index (χ0v) is 25.3. The lowest BCUT2D eigenvalue weighted by molar-refractivity contribution is -0.167. The fraction of sp³-hybridized carbons (Fsp3) is 0.516. The highest BCUT2D eigenvalue weighted by atomic mass is 32.2. The number of aliphatic carboxylic acids is 1. The lowest BCUT2D eigenvalue weighted by Gasteiger charge is -2.54. The van der Waals surface area contributed by atoms with E-state index in [0.717, 1.165) is 16.7 Å². The maximum Gasteiger partial charge on any atom is 0.367 e. The van der Waals surface area contributed by atoms with Crippen molar-refractivity contribution >= 4 is 35.1 Å². The van der Waals surface area contributed by atoms with Crippen LogP contribution in [0.15, 0.2) is 36.4 Å². The van der Waals surface area contributed by atoms with Gasteiger partial charge in [0.05, 0.1) is 31.9 Å². The molecule has 2 aliphatic heterocycles. The summed E-state index contributed by atoms with van der Waals surface area (Å²) in [6.07, 6.45) is 0.152. The van der Waals surface area contributed by atoms with Gasteiger partial charge in [0, 0.05) is 42.1 Å². The van der Waals surface area contributed by atoms with Gasteiger partial charge in [0.2, 0.25) is 5.54 Å². The standard InChI is InChI=1S/C31H40N2O6S/c1-19-11-12-24-22(15-19)28(21-9-8-10-25(38-6)27(21)39-7)40-17-26(35)33(24,18-30(3,4)5)31(29(36)37)13-14-32-16-23(31)20(2)34/h8-12,15,23,28,32H,13-14,16-18H2,1-7H3/p+1/t23-,28?,31+,33+/m1/s1. The normalized spacial score (nSPS) is 26.9. The maximum atomic E-state index is 14.8. The minimum atomic E-state index is -1.67. The summed E-state index contributed by atoms with van der Waals surface area (Å²) in [4.78, 5) is 41.7. The number of amides is 1. The molecule has 0 saturated carbocycles. The number of carbonyl (C=O) groups is 3. The summed E-state index contributed by atoms with van der Waals surface area (Å²) in [7, 11) is 3.18. The number of carboxylic acid groups (broad SMARTS) is 1. The lowest BCUT2D eigenvalue weighted by Crippen LogP contribution is -2.80. The smallest absolute Gasteiger partial charge is 0.367 e. The molecular formula is C31H41N2O6S+. The van der Waals surface area contributed by atoms with E-state index in [0.29, 0.717) is 23.7 Å². The van der Waals surface area contributed by atoms with E-state index in [1.165, 1.54) is 18.7 Å². The van der Waals surface area contributed by atoms with Gasteiger partial charge in [0.1, 0.15) is 17.2 Å². The number of methoxy groups -OCH3 is 2. The van der Waals surface area contributed by atoms with Gasteiger partial charge in [0.25, 0.3) is 0 Å². The van der Waals surface area contributed by atoms with Gasteiger partial charge in [-0.3, -0.25) is 4.79 Å². The number of quaternary nitrogens is 1. The van der Waals surface area contributed by atoms with Crippen LogP contribution in [0.4, 0.5) is 5.69 Å². The average molecular weight is 570 g/mol. The van der Waals surface area contributed by atoms with E-state index in [9.17, 15) is 19.5 Å². The summed E-state index contributed by atoms with van der Waals surface area (Å²) < 4.78 is 11.0. The van der Waals surface area contributed by atoms with E-state index in [1.54, 1.807) is 14.2 Å². The van der Waals surface area contributed by atoms with Crippen LogP contribution >= 0.6 is 11.8 Å². The predicted molar refractivity (Wildman–Crippen MR) is 158 cm³/mol. The highest BCUT2D eigenvalue weighted by Gasteiger charge is 2.69. The molecule has 1 unspecified atom stereocenters. The summed E-state index contributed by atoms with van der Waals surface area (Å²) in [6, 6.07) is 11.6. The Hall–Kier alpha value is -2.88. The zero-order valence-electron chi connectivity index (χ0n) is 24.5. The van der Waals surface area contributed by atoms with E-state index in [-0.39, 0.29) is 42.2 Å². The molecule has 40 heavy (non-hydrogen) atoms. The minimum Gasteiger partial charge on any atom is -0.493 e. The van der Waals surface area contributed by atoms with Crippen molar-refractivity contribution in [3.8, 4) is 11.5 Å². The van der Waals surface area contributed by atoms with E-state index in [2.05, 4.69) is 11.4 Å². The van der Waals surface area contributed by atoms with Crippen molar-refractivity contribution in [2.75, 3.05) is 39.6 Å². The number of benzene rings is 2. The van der Waals surface area contributed by atoms with Crippen LogP contribution in [-0.4, -0.2) is 67.9 Å². The van der Waals surface area contributed by atoms with Crippen LogP contribution in [-0.2, 0) is 14.4 Å². The van der Waals surface area contributed by atoms with E-state index in [1.807, 2.05) is 58.0 Å². The largest absolute Gasteiger partial charge is 0.493 e. The van der Waals surface area contributed by atoms with Gasteiger partial charge in [-0.25, -0.2) is 14.1 Å². The lowest BCUT2D eigenvalue weighted by atomic mass is 9.70. The molecule has 2 aliphatic rings. The molecule has 0 aliphatic carbocycles. The second-order valence-electron chi connectivity index (χ2n) is 12.1. The number of carbonyl (C=O) groups excluding carboxylic acids is 2. The van der Waals surface area contributed by atoms with Gasteiger partial charge in [-0.05, 0) is 26.0 Å². The van der Waals surface area contributed by atoms with Crippen LogP contribution in [0.3, 0.4) is 0 Å². The fourth-order valence-electron chi connectivity index (χ4n) is 6.78. The van der Waals surface area contributed by atoms with Crippen molar-refractivity contribution in [2.24, 2.45) is 11.3 Å². The van der Waals surface area contributed by atoms with Crippen LogP contribution in [0.25, 0.3) is 0 Å². The molecular weight excluding hydrogens is 528 g/mol. The predicted octanol–water partition coefficient (Wildman–Crippen LogP) is 4.75. The molecule has 0 aromatic heterocycles. The SMILES string of the molecule is COc1cccc(C2SCC(=O)[N@@+](CC(C)(C)C)([C@@]3(C(=O)O)CCNC[C@@H]3C(C)=O)c3ccc(C)cc32)c1OC. The first-order valence-electron chi connectivity index (χ1n) is 13.6. The molecule has 0 radical (unpaired) electrons. The van der Waals surface area contributed by atoms with Gasteiger partial charge in [0.15, 0.2) is 11.5 Å². The molecule has 9 heteroatoms. The van der Waals surface area contributed by atoms with Crippen molar-refractivity contribution in [1.29, 1.82) is 0 Å². The fourth-order valence-corrected chi connectivity index (χ4v) is 8.05. The van der Waals surface area contributed by atoms with Crippen LogP contribution in [0.5, 0.6) is 11.5 Å². The van der Waals surface area contributed by atoms with Gasteiger partial charge in [-0.15, -0.1) is 11.8 Å². The van der Waals surface area contributed by atoms with Gasteiger partial charge < -0.3 is 19.9 Å². The number of ether oxygens (including phenoxy) is 2. The molecule has 2 heterocycles. The topological polar surface area (TPSA) is 102 Å². The third kappa shape index (κ3) is 4.82. The highest BCUT2D eigenvalue weighted by Crippen LogP contribution is 2.55. The molecule has 0 bridgehead atoms. The Bertz CT molecular complexity index is 1320. The number of para-hydroxylation sites is 1. The number of rotatable bonds is 7. The van der Waals surface area contributed by atoms with Crippen molar-refractivity contribution in [1.82, 2.24) is 9.80 Å². The molecule has 4 atom stereocenters. The molecule has 216 valence electrons. The van der Waals surface area contributed by atoms with Gasteiger partial charge >= 0.3 is 11.9 Å². The van der Waals surface area contributed by atoms with E-state index >= 15 is 0 Å². The summed E-state index contributed by atoms with van der Waals surface area (Å²) in [5.41, 5.74) is 1.23. The Morgan fingerprint density at radius 3 is 2.48 bits per heavy atom. The molecule has 4 rings (SSSR count). The number of fused-ring (bicyclic) bond motifs is 1. The van der Waals surface area contributed by atoms with Crippen LogP contribution in [0.1, 0.15) is 56.1 Å². The first-order chi connectivity index (χ1) is 18.8. The van der Waals surface area contributed by atoms with Crippen molar-refractivity contribution in [2.45, 2.75) is 51.8 Å². The van der Waals surface area contributed by atoms with Gasteiger partial charge in [-0.1, -0.05) is 44.5 Å². The number of nitrogens with one attached hydrogen (secondary N) is 1. The van der Waals surface area contributed by atoms with Crippen LogP contribution < -0.4 is 19.3 Å². The number of aryl methyl sites for hydroxylation is 1. The van der Waals surface area contributed by atoms with Crippen molar-refractivity contribution in [3.63, 3.8) is 0 Å². The summed E-state index contributed by atoms with van der Waals surface area (Å²) in [6.45, 7) is 10.3. The number of nitrogens with zero attached hydrogens (tertiary/aromatic N) is 1. The molecule has 0 spiro atoms. The molecule has 2 aromatic rings. The quantitative estimate of drug-likeness (QED) is 0.461. The third-order valence-corrected chi connectivity index (χ3v) is 9.51. The average Bonchev–Trinajstić information content (AvgIpc) is 3.01. The molecule has 8 nitrogen and oxygen atoms in total. The first-order valence-corrected chi connectivity index (χ1v) is 14.7. The number of piperidine rings is 1. The number of Topliss-reactive ketones (excluding diaryl/α,β-unsaturated/α-hetero) is 1. The van der Waals surface area contributed by atoms with Crippen molar-refractivity contribution in [3.05, 3.63) is 53.1 Å². The Kier molecular flexibility index (Phi) is 8.41. The molecule has 1 fully saturated rings. The summed E-state index contributed by atoms with van der Waals surface area (Å²) in [5, 5.41) is 14.1. The third-order valence-electron chi connectivity index (χ3n) is 8.25.